The van der Waals surface area contributed by atoms with Crippen molar-refractivity contribution >= 4 is 12.0 Å². The number of carbonyl (C=O) groups excluding carboxylic acids is 2. The predicted molar refractivity (Wildman–Crippen MR) is 76.5 cm³/mol. The van der Waals surface area contributed by atoms with Gasteiger partial charge in [-0.1, -0.05) is 0 Å². The Kier molecular flexibility index (Phi) is 4.47. The van der Waals surface area contributed by atoms with E-state index in [1.54, 1.807) is 9.80 Å². The number of hydroxylamine groups is 4. The highest BCUT2D eigenvalue weighted by Gasteiger charge is 2.31. The van der Waals surface area contributed by atoms with Gasteiger partial charge in [-0.2, -0.15) is 4.94 Å². The molecule has 0 spiro atoms. The van der Waals surface area contributed by atoms with Crippen LogP contribution >= 0.6 is 0 Å². The quantitative estimate of drug-likeness (QED) is 0.696. The van der Waals surface area contributed by atoms with Crippen LogP contribution in [0.4, 0.5) is 4.79 Å². The SMILES string of the molecule is CN1ON([O-])C=C1C(=O)N1CCN(C(=O)OC(C)(C)C)CC1. The van der Waals surface area contributed by atoms with E-state index in [0.29, 0.717) is 26.2 Å². The zero-order chi connectivity index (χ0) is 16.5. The molecule has 2 heterocycles. The van der Waals surface area contributed by atoms with Crippen LogP contribution in [-0.4, -0.2) is 70.9 Å². The third kappa shape index (κ3) is 3.80. The number of nitrogens with zero attached hydrogens (tertiary/aromatic N) is 4. The van der Waals surface area contributed by atoms with E-state index in [-0.39, 0.29) is 22.9 Å². The van der Waals surface area contributed by atoms with Gasteiger partial charge in [-0.25, -0.2) is 9.86 Å². The Labute approximate surface area is 129 Å². The van der Waals surface area contributed by atoms with E-state index in [0.717, 1.165) is 11.3 Å². The van der Waals surface area contributed by atoms with E-state index in [1.165, 1.54) is 7.05 Å². The van der Waals surface area contributed by atoms with E-state index in [9.17, 15) is 14.8 Å². The van der Waals surface area contributed by atoms with Crippen LogP contribution in [0.2, 0.25) is 0 Å². The lowest BCUT2D eigenvalue weighted by Gasteiger charge is -2.36. The minimum absolute atomic E-state index is 0.167. The maximum Gasteiger partial charge on any atom is 0.410 e. The van der Waals surface area contributed by atoms with Gasteiger partial charge in [0.15, 0.2) is 0 Å². The molecule has 9 heteroatoms. The van der Waals surface area contributed by atoms with Crippen LogP contribution < -0.4 is 0 Å². The Hall–Kier alpha value is -2.00. The summed E-state index contributed by atoms with van der Waals surface area (Å²) in [5.74, 6) is -0.301. The molecule has 22 heavy (non-hydrogen) atoms. The molecular formula is C13H21N4O5-. The number of hydrogen-bond donors (Lipinski definition) is 0. The summed E-state index contributed by atoms with van der Waals surface area (Å²) in [6.45, 7) is 6.95. The third-order valence-corrected chi connectivity index (χ3v) is 3.21. The minimum atomic E-state index is -0.545. The number of amides is 2. The Morgan fingerprint density at radius 1 is 1.18 bits per heavy atom. The highest BCUT2D eigenvalue weighted by molar-refractivity contribution is 5.92. The number of ether oxygens (including phenoxy) is 1. The summed E-state index contributed by atoms with van der Waals surface area (Å²) in [5, 5.41) is 12.4. The Morgan fingerprint density at radius 3 is 2.18 bits per heavy atom. The largest absolute Gasteiger partial charge is 0.732 e. The highest BCUT2D eigenvalue weighted by atomic mass is 17.0. The molecule has 2 rings (SSSR count). The molecule has 2 aliphatic heterocycles. The van der Waals surface area contributed by atoms with Crippen molar-refractivity contribution in [1.29, 1.82) is 0 Å². The van der Waals surface area contributed by atoms with Crippen molar-refractivity contribution in [3.63, 3.8) is 0 Å². The summed E-state index contributed by atoms with van der Waals surface area (Å²) in [7, 11) is 1.48. The van der Waals surface area contributed by atoms with Gasteiger partial charge in [0.1, 0.15) is 11.3 Å². The van der Waals surface area contributed by atoms with E-state index in [1.807, 2.05) is 20.8 Å². The van der Waals surface area contributed by atoms with Crippen LogP contribution in [0.1, 0.15) is 20.8 Å². The molecule has 0 radical (unpaired) electrons. The van der Waals surface area contributed by atoms with Crippen molar-refractivity contribution in [2.45, 2.75) is 26.4 Å². The summed E-state index contributed by atoms with van der Waals surface area (Å²) >= 11 is 0. The summed E-state index contributed by atoms with van der Waals surface area (Å²) in [4.78, 5) is 32.1. The normalized spacial score (nSPS) is 19.4. The fourth-order valence-electron chi connectivity index (χ4n) is 2.14. The molecule has 0 aliphatic carbocycles. The standard InChI is InChI=1S/C13H21N4O5/c1-13(2,3)21-12(19)16-7-5-15(6-8-16)11(18)10-9-17(20)22-14(10)4/h9H,5-8H2,1-4H3/q-1. The van der Waals surface area contributed by atoms with Crippen molar-refractivity contribution in [3.05, 3.63) is 17.1 Å². The number of hydrogen-bond acceptors (Lipinski definition) is 7. The minimum Gasteiger partial charge on any atom is -0.732 e. The Bertz CT molecular complexity index is 479. The molecule has 1 fully saturated rings. The molecule has 2 aliphatic rings. The molecule has 0 saturated carbocycles. The Morgan fingerprint density at radius 2 is 1.73 bits per heavy atom. The molecule has 0 bridgehead atoms. The average Bonchev–Trinajstić information content (AvgIpc) is 2.75. The third-order valence-electron chi connectivity index (χ3n) is 3.21. The average molecular weight is 313 g/mol. The van der Waals surface area contributed by atoms with Crippen molar-refractivity contribution < 1.29 is 19.3 Å². The number of carbonyl (C=O) groups is 2. The van der Waals surface area contributed by atoms with Crippen molar-refractivity contribution in [1.82, 2.24) is 20.1 Å². The monoisotopic (exact) mass is 313 g/mol. The molecule has 0 unspecified atom stereocenters. The fourth-order valence-corrected chi connectivity index (χ4v) is 2.14. The summed E-state index contributed by atoms with van der Waals surface area (Å²) in [5.41, 5.74) is -0.378. The summed E-state index contributed by atoms with van der Waals surface area (Å²) in [6, 6.07) is 0. The second-order valence-electron chi connectivity index (χ2n) is 6.14. The van der Waals surface area contributed by atoms with Crippen LogP contribution in [0.15, 0.2) is 11.9 Å². The number of rotatable bonds is 1. The lowest BCUT2D eigenvalue weighted by molar-refractivity contribution is -0.228. The molecule has 0 atom stereocenters. The van der Waals surface area contributed by atoms with E-state index < -0.39 is 5.60 Å². The van der Waals surface area contributed by atoms with Crippen LogP contribution in [0.25, 0.3) is 0 Å². The maximum absolute atomic E-state index is 12.3. The molecule has 0 aromatic carbocycles. The zero-order valence-electron chi connectivity index (χ0n) is 13.2. The number of piperazine rings is 1. The van der Waals surface area contributed by atoms with Gasteiger partial charge in [-0.05, 0) is 20.8 Å². The first kappa shape index (κ1) is 16.4. The first-order valence-electron chi connectivity index (χ1n) is 7.04. The van der Waals surface area contributed by atoms with Gasteiger partial charge in [0.25, 0.3) is 5.91 Å². The first-order valence-corrected chi connectivity index (χ1v) is 7.04. The topological polar surface area (TPSA) is 88.6 Å². The van der Waals surface area contributed by atoms with Crippen LogP contribution in [0, 0.1) is 5.21 Å². The molecule has 2 amide bonds. The lowest BCUT2D eigenvalue weighted by Crippen LogP contribution is -2.52. The Balaban J connectivity index is 1.88. The molecular weight excluding hydrogens is 292 g/mol. The lowest BCUT2D eigenvalue weighted by atomic mass is 10.2. The molecule has 0 N–H and O–H groups in total. The molecule has 124 valence electrons. The van der Waals surface area contributed by atoms with Crippen LogP contribution in [0.5, 0.6) is 0 Å². The fraction of sp³-hybridized carbons (Fsp3) is 0.692. The van der Waals surface area contributed by atoms with E-state index in [2.05, 4.69) is 4.94 Å². The number of likely N-dealkylation sites (N-methyl/N-ethyl adjacent to an activating group) is 1. The van der Waals surface area contributed by atoms with Gasteiger partial charge >= 0.3 is 6.09 Å². The second kappa shape index (κ2) is 6.01. The smallest absolute Gasteiger partial charge is 0.410 e. The molecule has 9 nitrogen and oxygen atoms in total. The summed E-state index contributed by atoms with van der Waals surface area (Å²) < 4.78 is 5.30. The zero-order valence-corrected chi connectivity index (χ0v) is 13.2. The molecule has 1 saturated heterocycles. The van der Waals surface area contributed by atoms with Crippen molar-refractivity contribution in [3.8, 4) is 0 Å². The maximum atomic E-state index is 12.3. The molecule has 0 aromatic heterocycles. The van der Waals surface area contributed by atoms with Gasteiger partial charge in [0.05, 0.1) is 0 Å². The van der Waals surface area contributed by atoms with E-state index in [4.69, 9.17) is 4.74 Å². The van der Waals surface area contributed by atoms with Crippen molar-refractivity contribution in [2.24, 2.45) is 0 Å². The van der Waals surface area contributed by atoms with Crippen LogP contribution in [0.3, 0.4) is 0 Å². The van der Waals surface area contributed by atoms with Gasteiger partial charge in [0.2, 0.25) is 0 Å². The second-order valence-corrected chi connectivity index (χ2v) is 6.14. The van der Waals surface area contributed by atoms with Crippen molar-refractivity contribution in [2.75, 3.05) is 33.2 Å². The van der Waals surface area contributed by atoms with Crippen LogP contribution in [-0.2, 0) is 14.5 Å². The first-order chi connectivity index (χ1) is 10.2. The highest BCUT2D eigenvalue weighted by Crippen LogP contribution is 2.18. The predicted octanol–water partition coefficient (Wildman–Crippen LogP) is 0.499. The van der Waals surface area contributed by atoms with E-state index >= 15 is 0 Å². The van der Waals surface area contributed by atoms with Gasteiger partial charge in [0, 0.05) is 39.4 Å². The molecule has 0 aromatic rings. The van der Waals surface area contributed by atoms with Gasteiger partial charge < -0.3 is 19.7 Å². The summed E-state index contributed by atoms with van der Waals surface area (Å²) in [6.07, 6.45) is 0.702. The van der Waals surface area contributed by atoms with Gasteiger partial charge in [-0.15, -0.1) is 0 Å². The van der Waals surface area contributed by atoms with Gasteiger partial charge in [-0.3, -0.25) is 10.0 Å².